The molecule has 0 radical (unpaired) electrons. The Hall–Kier alpha value is -1.14. The molecule has 2 saturated heterocycles. The molecule has 2 amide bonds. The molecular formula is C13H24N4O2. The van der Waals surface area contributed by atoms with Crippen LogP contribution in [-0.2, 0) is 9.59 Å². The van der Waals surface area contributed by atoms with Crippen LogP contribution in [-0.4, -0.2) is 62.0 Å². The van der Waals surface area contributed by atoms with Gasteiger partial charge in [-0.25, -0.2) is 0 Å². The standard InChI is InChI=1S/C13H24N4O2/c1-14-12(18)9-16-13(19)11-3-2-8-17(11)10-4-6-15-7-5-10/h10-11,15H,2-9H2,1H3,(H,14,18)(H,16,19). The van der Waals surface area contributed by atoms with Gasteiger partial charge in [-0.15, -0.1) is 0 Å². The maximum atomic E-state index is 12.2. The van der Waals surface area contributed by atoms with Gasteiger partial charge in [-0.2, -0.15) is 0 Å². The highest BCUT2D eigenvalue weighted by atomic mass is 16.2. The minimum Gasteiger partial charge on any atom is -0.358 e. The normalized spacial score (nSPS) is 25.2. The van der Waals surface area contributed by atoms with Gasteiger partial charge in [0.15, 0.2) is 0 Å². The SMILES string of the molecule is CNC(=O)CNC(=O)C1CCCN1C1CCNCC1. The topological polar surface area (TPSA) is 73.5 Å². The Kier molecular flexibility index (Phi) is 5.15. The average molecular weight is 268 g/mol. The molecule has 108 valence electrons. The summed E-state index contributed by atoms with van der Waals surface area (Å²) in [5, 5.41) is 8.60. The first-order chi connectivity index (χ1) is 9.22. The van der Waals surface area contributed by atoms with Gasteiger partial charge in [0.2, 0.25) is 11.8 Å². The number of carbonyl (C=O) groups excluding carboxylic acids is 2. The van der Waals surface area contributed by atoms with Gasteiger partial charge in [0.25, 0.3) is 0 Å². The number of carbonyl (C=O) groups is 2. The Morgan fingerprint density at radius 1 is 1.26 bits per heavy atom. The molecule has 2 rings (SSSR count). The van der Waals surface area contributed by atoms with Crippen LogP contribution in [0.4, 0.5) is 0 Å². The predicted octanol–water partition coefficient (Wildman–Crippen LogP) is -0.935. The van der Waals surface area contributed by atoms with Gasteiger partial charge in [-0.05, 0) is 45.3 Å². The zero-order valence-corrected chi connectivity index (χ0v) is 11.6. The van der Waals surface area contributed by atoms with Crippen LogP contribution < -0.4 is 16.0 Å². The van der Waals surface area contributed by atoms with E-state index in [-0.39, 0.29) is 24.4 Å². The molecule has 2 aliphatic rings. The summed E-state index contributed by atoms with van der Waals surface area (Å²) in [5.41, 5.74) is 0. The van der Waals surface area contributed by atoms with Crippen molar-refractivity contribution in [1.82, 2.24) is 20.9 Å². The third-order valence-electron chi connectivity index (χ3n) is 4.08. The van der Waals surface area contributed by atoms with Crippen LogP contribution in [0.3, 0.4) is 0 Å². The largest absolute Gasteiger partial charge is 0.358 e. The lowest BCUT2D eigenvalue weighted by atomic mass is 10.0. The van der Waals surface area contributed by atoms with Gasteiger partial charge < -0.3 is 16.0 Å². The summed E-state index contributed by atoms with van der Waals surface area (Å²) < 4.78 is 0. The lowest BCUT2D eigenvalue weighted by Gasteiger charge is -2.35. The summed E-state index contributed by atoms with van der Waals surface area (Å²) in [6.45, 7) is 3.15. The summed E-state index contributed by atoms with van der Waals surface area (Å²) >= 11 is 0. The van der Waals surface area contributed by atoms with Gasteiger partial charge in [-0.3, -0.25) is 14.5 Å². The summed E-state index contributed by atoms with van der Waals surface area (Å²) in [5.74, 6) is -0.153. The first kappa shape index (κ1) is 14.3. The van der Waals surface area contributed by atoms with Crippen LogP contribution in [0.1, 0.15) is 25.7 Å². The number of nitrogens with zero attached hydrogens (tertiary/aromatic N) is 1. The Morgan fingerprint density at radius 3 is 2.68 bits per heavy atom. The number of likely N-dealkylation sites (N-methyl/N-ethyl adjacent to an activating group) is 1. The average Bonchev–Trinajstić information content (AvgIpc) is 2.94. The fourth-order valence-corrected chi connectivity index (χ4v) is 3.02. The van der Waals surface area contributed by atoms with Crippen molar-refractivity contribution in [3.63, 3.8) is 0 Å². The fraction of sp³-hybridized carbons (Fsp3) is 0.846. The lowest BCUT2D eigenvalue weighted by molar-refractivity contribution is -0.129. The number of hydrogen-bond donors (Lipinski definition) is 3. The quantitative estimate of drug-likeness (QED) is 0.615. The summed E-state index contributed by atoms with van der Waals surface area (Å²) in [6, 6.07) is 0.465. The Labute approximate surface area is 114 Å². The van der Waals surface area contributed by atoms with Gasteiger partial charge in [0.05, 0.1) is 12.6 Å². The molecular weight excluding hydrogens is 244 g/mol. The van der Waals surface area contributed by atoms with E-state index in [0.29, 0.717) is 6.04 Å². The number of likely N-dealkylation sites (tertiary alicyclic amines) is 1. The van der Waals surface area contributed by atoms with Crippen LogP contribution in [0.25, 0.3) is 0 Å². The van der Waals surface area contributed by atoms with E-state index in [0.717, 1.165) is 45.3 Å². The van der Waals surface area contributed by atoms with Crippen molar-refractivity contribution >= 4 is 11.8 Å². The van der Waals surface area contributed by atoms with Crippen molar-refractivity contribution in [2.24, 2.45) is 0 Å². The van der Waals surface area contributed by atoms with E-state index in [1.807, 2.05) is 0 Å². The molecule has 2 aliphatic heterocycles. The molecule has 19 heavy (non-hydrogen) atoms. The van der Waals surface area contributed by atoms with E-state index in [9.17, 15) is 9.59 Å². The van der Waals surface area contributed by atoms with Gasteiger partial charge >= 0.3 is 0 Å². The third-order valence-corrected chi connectivity index (χ3v) is 4.08. The van der Waals surface area contributed by atoms with Gasteiger partial charge in [0.1, 0.15) is 0 Å². The molecule has 1 unspecified atom stereocenters. The molecule has 0 aliphatic carbocycles. The number of piperidine rings is 1. The fourth-order valence-electron chi connectivity index (χ4n) is 3.02. The second-order valence-corrected chi connectivity index (χ2v) is 5.27. The first-order valence-electron chi connectivity index (χ1n) is 7.17. The van der Waals surface area contributed by atoms with Crippen molar-refractivity contribution in [2.75, 3.05) is 33.2 Å². The summed E-state index contributed by atoms with van der Waals surface area (Å²) in [7, 11) is 1.57. The van der Waals surface area contributed by atoms with E-state index in [2.05, 4.69) is 20.9 Å². The second kappa shape index (κ2) is 6.86. The van der Waals surface area contributed by atoms with Crippen molar-refractivity contribution in [3.8, 4) is 0 Å². The van der Waals surface area contributed by atoms with Crippen LogP contribution in [0.5, 0.6) is 0 Å². The molecule has 6 nitrogen and oxygen atoms in total. The minimum atomic E-state index is -0.153. The zero-order valence-electron chi connectivity index (χ0n) is 11.6. The molecule has 1 atom stereocenters. The molecule has 2 heterocycles. The number of amides is 2. The molecule has 0 aromatic carbocycles. The molecule has 0 spiro atoms. The predicted molar refractivity (Wildman–Crippen MR) is 72.7 cm³/mol. The Balaban J connectivity index is 1.86. The smallest absolute Gasteiger partial charge is 0.239 e. The second-order valence-electron chi connectivity index (χ2n) is 5.27. The Bertz CT molecular complexity index is 329. The third kappa shape index (κ3) is 3.67. The van der Waals surface area contributed by atoms with Crippen LogP contribution in [0.15, 0.2) is 0 Å². The molecule has 0 bridgehead atoms. The molecule has 6 heteroatoms. The summed E-state index contributed by atoms with van der Waals surface area (Å²) in [4.78, 5) is 25.7. The van der Waals surface area contributed by atoms with Gasteiger partial charge in [0, 0.05) is 13.1 Å². The monoisotopic (exact) mass is 268 g/mol. The van der Waals surface area contributed by atoms with E-state index in [1.165, 1.54) is 0 Å². The highest BCUT2D eigenvalue weighted by Crippen LogP contribution is 2.24. The van der Waals surface area contributed by atoms with E-state index < -0.39 is 0 Å². The van der Waals surface area contributed by atoms with E-state index in [4.69, 9.17) is 0 Å². The van der Waals surface area contributed by atoms with Crippen molar-refractivity contribution < 1.29 is 9.59 Å². The lowest BCUT2D eigenvalue weighted by Crippen LogP contribution is -2.51. The summed E-state index contributed by atoms with van der Waals surface area (Å²) in [6.07, 6.45) is 4.20. The first-order valence-corrected chi connectivity index (χ1v) is 7.17. The van der Waals surface area contributed by atoms with E-state index >= 15 is 0 Å². The van der Waals surface area contributed by atoms with Crippen LogP contribution in [0.2, 0.25) is 0 Å². The zero-order chi connectivity index (χ0) is 13.7. The van der Waals surface area contributed by atoms with Crippen molar-refractivity contribution in [3.05, 3.63) is 0 Å². The maximum Gasteiger partial charge on any atom is 0.239 e. The molecule has 3 N–H and O–H groups in total. The van der Waals surface area contributed by atoms with Crippen molar-refractivity contribution in [1.29, 1.82) is 0 Å². The maximum absolute atomic E-state index is 12.2. The molecule has 2 fully saturated rings. The number of rotatable bonds is 4. The highest BCUT2D eigenvalue weighted by molar-refractivity contribution is 5.87. The van der Waals surface area contributed by atoms with Crippen LogP contribution >= 0.6 is 0 Å². The molecule has 0 aromatic rings. The number of hydrogen-bond acceptors (Lipinski definition) is 4. The van der Waals surface area contributed by atoms with Crippen LogP contribution in [0, 0.1) is 0 Å². The minimum absolute atomic E-state index is 0.000340. The van der Waals surface area contributed by atoms with Crippen molar-refractivity contribution in [2.45, 2.75) is 37.8 Å². The Morgan fingerprint density at radius 2 is 2.00 bits per heavy atom. The highest BCUT2D eigenvalue weighted by Gasteiger charge is 2.35. The number of nitrogens with one attached hydrogen (secondary N) is 3. The van der Waals surface area contributed by atoms with E-state index in [1.54, 1.807) is 7.05 Å². The van der Waals surface area contributed by atoms with Gasteiger partial charge in [-0.1, -0.05) is 0 Å². The molecule has 0 aromatic heterocycles. The molecule has 0 saturated carbocycles.